The second-order valence-corrected chi connectivity index (χ2v) is 6.78. The van der Waals surface area contributed by atoms with Crippen molar-refractivity contribution >= 4 is 17.2 Å². The highest BCUT2D eigenvalue weighted by Gasteiger charge is 2.35. The molecule has 0 aromatic carbocycles. The number of rotatable bonds is 3. The van der Waals surface area contributed by atoms with Crippen LogP contribution in [0.3, 0.4) is 0 Å². The first-order valence-corrected chi connectivity index (χ1v) is 7.63. The van der Waals surface area contributed by atoms with Gasteiger partial charge in [-0.3, -0.25) is 4.79 Å². The van der Waals surface area contributed by atoms with E-state index in [1.165, 1.54) is 34.6 Å². The molecule has 0 saturated carbocycles. The van der Waals surface area contributed by atoms with Gasteiger partial charge in [-0.05, 0) is 57.2 Å². The normalized spacial score (nSPS) is 26.3. The Bertz CT molecular complexity index is 439. The average molecular weight is 264 g/mol. The van der Waals surface area contributed by atoms with Gasteiger partial charge in [-0.25, -0.2) is 0 Å². The van der Waals surface area contributed by atoms with Crippen LogP contribution in [0.4, 0.5) is 0 Å². The van der Waals surface area contributed by atoms with Crippen LogP contribution in [-0.2, 0) is 24.2 Å². The van der Waals surface area contributed by atoms with Gasteiger partial charge < -0.3 is 10.6 Å². The first-order valence-electron chi connectivity index (χ1n) is 6.81. The molecule has 1 fully saturated rings. The molecule has 18 heavy (non-hydrogen) atoms. The Labute approximate surface area is 112 Å². The number of fused-ring (bicyclic) bond motifs is 1. The molecule has 1 amide bonds. The molecule has 3 rings (SSSR count). The highest BCUT2D eigenvalue weighted by molar-refractivity contribution is 7.12. The van der Waals surface area contributed by atoms with Crippen LogP contribution in [0.15, 0.2) is 6.07 Å². The van der Waals surface area contributed by atoms with Gasteiger partial charge in [0, 0.05) is 9.75 Å². The average Bonchev–Trinajstić information content (AvgIpc) is 3.01. The summed E-state index contributed by atoms with van der Waals surface area (Å²) in [5.41, 5.74) is 1.16. The lowest BCUT2D eigenvalue weighted by Gasteiger charge is -2.22. The summed E-state index contributed by atoms with van der Waals surface area (Å²) in [5, 5.41) is 6.38. The van der Waals surface area contributed by atoms with Crippen LogP contribution in [0, 0.1) is 0 Å². The van der Waals surface area contributed by atoms with Crippen molar-refractivity contribution in [3.05, 3.63) is 21.4 Å². The van der Waals surface area contributed by atoms with Gasteiger partial charge in [-0.15, -0.1) is 11.3 Å². The predicted octanol–water partition coefficient (Wildman–Crippen LogP) is 2.00. The molecule has 98 valence electrons. The smallest absolute Gasteiger partial charge is 0.240 e. The van der Waals surface area contributed by atoms with Crippen LogP contribution in [0.2, 0.25) is 0 Å². The van der Waals surface area contributed by atoms with Gasteiger partial charge in [0.2, 0.25) is 5.91 Å². The maximum atomic E-state index is 12.1. The summed E-state index contributed by atoms with van der Waals surface area (Å²) in [6.07, 6.45) is 5.79. The second-order valence-electron chi connectivity index (χ2n) is 5.56. The largest absolute Gasteiger partial charge is 0.350 e. The number of nitrogens with one attached hydrogen (secondary N) is 2. The number of aryl methyl sites for hydroxylation is 2. The zero-order valence-corrected chi connectivity index (χ0v) is 11.7. The predicted molar refractivity (Wildman–Crippen MR) is 73.8 cm³/mol. The first kappa shape index (κ1) is 12.2. The molecule has 1 aromatic heterocycles. The second kappa shape index (κ2) is 4.67. The van der Waals surface area contributed by atoms with Crippen LogP contribution in [0.5, 0.6) is 0 Å². The van der Waals surface area contributed by atoms with E-state index in [-0.39, 0.29) is 11.4 Å². The van der Waals surface area contributed by atoms with Crippen LogP contribution >= 0.6 is 11.3 Å². The number of hydrogen-bond acceptors (Lipinski definition) is 3. The van der Waals surface area contributed by atoms with E-state index in [4.69, 9.17) is 0 Å². The fourth-order valence-electron chi connectivity index (χ4n) is 2.93. The van der Waals surface area contributed by atoms with E-state index in [0.29, 0.717) is 6.54 Å². The Balaban J connectivity index is 1.59. The molecule has 1 saturated heterocycles. The molecule has 3 nitrogen and oxygen atoms in total. The summed E-state index contributed by atoms with van der Waals surface area (Å²) in [5.74, 6) is 0.147. The number of carbonyl (C=O) groups excluding carboxylic acids is 1. The Morgan fingerprint density at radius 2 is 2.39 bits per heavy atom. The third-order valence-electron chi connectivity index (χ3n) is 4.09. The molecule has 4 heteroatoms. The van der Waals surface area contributed by atoms with E-state index in [0.717, 1.165) is 19.4 Å². The molecular weight excluding hydrogens is 244 g/mol. The summed E-state index contributed by atoms with van der Waals surface area (Å²) in [6, 6.07) is 2.28. The molecule has 0 bridgehead atoms. The molecule has 1 aromatic rings. The van der Waals surface area contributed by atoms with Crippen molar-refractivity contribution in [3.63, 3.8) is 0 Å². The quantitative estimate of drug-likeness (QED) is 0.876. The number of hydrogen-bond donors (Lipinski definition) is 2. The maximum Gasteiger partial charge on any atom is 0.240 e. The molecule has 1 unspecified atom stereocenters. The van der Waals surface area contributed by atoms with Gasteiger partial charge in [-0.2, -0.15) is 0 Å². The number of carbonyl (C=O) groups is 1. The van der Waals surface area contributed by atoms with Crippen molar-refractivity contribution in [2.45, 2.75) is 51.1 Å². The maximum absolute atomic E-state index is 12.1. The fourth-order valence-corrected chi connectivity index (χ4v) is 4.13. The standard InChI is InChI=1S/C14H20N2OS/c1-14(6-3-7-16-14)13(17)15-9-11-8-10-4-2-5-12(10)18-11/h8,16H,2-7,9H2,1H3,(H,15,17). The first-order chi connectivity index (χ1) is 8.67. The molecule has 2 heterocycles. The zero-order valence-electron chi connectivity index (χ0n) is 10.8. The summed E-state index contributed by atoms with van der Waals surface area (Å²) < 4.78 is 0. The van der Waals surface area contributed by atoms with Gasteiger partial charge in [-0.1, -0.05) is 0 Å². The highest BCUT2D eigenvalue weighted by Crippen LogP contribution is 2.30. The minimum atomic E-state index is -0.347. The summed E-state index contributed by atoms with van der Waals surface area (Å²) >= 11 is 1.87. The molecule has 2 aliphatic rings. The molecule has 0 radical (unpaired) electrons. The van der Waals surface area contributed by atoms with E-state index in [2.05, 4.69) is 16.7 Å². The Morgan fingerprint density at radius 1 is 1.50 bits per heavy atom. The lowest BCUT2D eigenvalue weighted by atomic mass is 9.99. The zero-order chi connectivity index (χ0) is 12.6. The van der Waals surface area contributed by atoms with Crippen molar-refractivity contribution in [2.75, 3.05) is 6.54 Å². The van der Waals surface area contributed by atoms with Crippen LogP contribution in [0.1, 0.15) is 41.5 Å². The Morgan fingerprint density at radius 3 is 3.11 bits per heavy atom. The van der Waals surface area contributed by atoms with E-state index < -0.39 is 0 Å². The number of amides is 1. The minimum Gasteiger partial charge on any atom is -0.350 e. The molecule has 2 N–H and O–H groups in total. The molecule has 0 spiro atoms. The van der Waals surface area contributed by atoms with Gasteiger partial charge >= 0.3 is 0 Å². The minimum absolute atomic E-state index is 0.147. The third-order valence-corrected chi connectivity index (χ3v) is 5.33. The van der Waals surface area contributed by atoms with Gasteiger partial charge in [0.05, 0.1) is 12.1 Å². The van der Waals surface area contributed by atoms with Crippen molar-refractivity contribution in [1.82, 2.24) is 10.6 Å². The molecule has 1 atom stereocenters. The summed E-state index contributed by atoms with van der Waals surface area (Å²) in [4.78, 5) is 15.0. The molecule has 1 aliphatic heterocycles. The van der Waals surface area contributed by atoms with Gasteiger partial charge in [0.15, 0.2) is 0 Å². The van der Waals surface area contributed by atoms with Crippen molar-refractivity contribution in [2.24, 2.45) is 0 Å². The van der Waals surface area contributed by atoms with Crippen molar-refractivity contribution in [3.8, 4) is 0 Å². The lowest BCUT2D eigenvalue weighted by Crippen LogP contribution is -2.50. The van der Waals surface area contributed by atoms with E-state index in [9.17, 15) is 4.79 Å². The van der Waals surface area contributed by atoms with Gasteiger partial charge in [0.25, 0.3) is 0 Å². The highest BCUT2D eigenvalue weighted by atomic mass is 32.1. The topological polar surface area (TPSA) is 41.1 Å². The van der Waals surface area contributed by atoms with Crippen LogP contribution in [-0.4, -0.2) is 18.0 Å². The summed E-state index contributed by atoms with van der Waals surface area (Å²) in [7, 11) is 0. The number of thiophene rings is 1. The Hall–Kier alpha value is -0.870. The van der Waals surface area contributed by atoms with Crippen molar-refractivity contribution < 1.29 is 4.79 Å². The van der Waals surface area contributed by atoms with Crippen LogP contribution < -0.4 is 10.6 Å². The third kappa shape index (κ3) is 2.19. The summed E-state index contributed by atoms with van der Waals surface area (Å²) in [6.45, 7) is 3.65. The van der Waals surface area contributed by atoms with Crippen molar-refractivity contribution in [1.29, 1.82) is 0 Å². The SMILES string of the molecule is CC1(C(=O)NCc2cc3c(s2)CCC3)CCCN1. The monoisotopic (exact) mass is 264 g/mol. The van der Waals surface area contributed by atoms with Crippen LogP contribution in [0.25, 0.3) is 0 Å². The Kier molecular flexibility index (Phi) is 3.16. The lowest BCUT2D eigenvalue weighted by molar-refractivity contribution is -0.126. The fraction of sp³-hybridized carbons (Fsp3) is 0.643. The molecule has 1 aliphatic carbocycles. The van der Waals surface area contributed by atoms with E-state index in [1.807, 2.05) is 18.3 Å². The van der Waals surface area contributed by atoms with E-state index >= 15 is 0 Å². The van der Waals surface area contributed by atoms with E-state index in [1.54, 1.807) is 0 Å². The van der Waals surface area contributed by atoms with Gasteiger partial charge in [0.1, 0.15) is 0 Å². The molecular formula is C14H20N2OS.